The van der Waals surface area contributed by atoms with Gasteiger partial charge in [-0.3, -0.25) is 4.90 Å². The molecule has 1 aromatic carbocycles. The van der Waals surface area contributed by atoms with Gasteiger partial charge in [-0.2, -0.15) is 11.8 Å². The zero-order valence-electron chi connectivity index (χ0n) is 14.6. The lowest BCUT2D eigenvalue weighted by Gasteiger charge is -2.41. The Hall–Kier alpha value is -0.880. The number of thioether (sulfide) groups is 1. The third-order valence-corrected chi connectivity index (χ3v) is 6.49. The van der Waals surface area contributed by atoms with Crippen molar-refractivity contribution in [2.75, 3.05) is 18.1 Å². The van der Waals surface area contributed by atoms with Crippen molar-refractivity contribution in [1.82, 2.24) is 9.88 Å². The van der Waals surface area contributed by atoms with E-state index in [0.29, 0.717) is 6.04 Å². The minimum Gasteiger partial charge on any atom is -0.395 e. The Balaban J connectivity index is 1.84. The number of aliphatic hydroxyl groups is 1. The number of benzene rings is 1. The zero-order valence-corrected chi connectivity index (χ0v) is 16.2. The lowest BCUT2D eigenvalue weighted by Crippen LogP contribution is -2.46. The summed E-state index contributed by atoms with van der Waals surface area (Å²) in [5.41, 5.74) is 2.57. The smallest absolute Gasteiger partial charge is 0.107 e. The van der Waals surface area contributed by atoms with Crippen LogP contribution in [0.2, 0.25) is 0 Å². The maximum Gasteiger partial charge on any atom is 0.107 e. The highest BCUT2D eigenvalue weighted by molar-refractivity contribution is 7.99. The molecule has 3 rings (SSSR count). The second-order valence-electron chi connectivity index (χ2n) is 7.35. The van der Waals surface area contributed by atoms with Crippen molar-refractivity contribution in [3.63, 3.8) is 0 Å². The maximum atomic E-state index is 9.87. The molecule has 2 heterocycles. The Labute approximate surface area is 153 Å². The molecule has 1 aliphatic heterocycles. The first-order valence-electron chi connectivity index (χ1n) is 8.43. The minimum absolute atomic E-state index is 0.0850. The van der Waals surface area contributed by atoms with Gasteiger partial charge >= 0.3 is 0 Å². The lowest BCUT2D eigenvalue weighted by molar-refractivity contribution is 0.0915. The minimum atomic E-state index is 0.0850. The Bertz CT molecular complexity index is 651. The van der Waals surface area contributed by atoms with Gasteiger partial charge in [-0.05, 0) is 5.56 Å². The highest BCUT2D eigenvalue weighted by atomic mass is 32.2. The molecule has 1 saturated heterocycles. The summed E-state index contributed by atoms with van der Waals surface area (Å²) in [4.78, 5) is 7.30. The Morgan fingerprint density at radius 2 is 1.96 bits per heavy atom. The number of rotatable bonds is 4. The highest BCUT2D eigenvalue weighted by Crippen LogP contribution is 2.35. The lowest BCUT2D eigenvalue weighted by atomic mass is 9.93. The molecule has 130 valence electrons. The van der Waals surface area contributed by atoms with Gasteiger partial charge in [0.05, 0.1) is 18.8 Å². The van der Waals surface area contributed by atoms with Crippen LogP contribution in [0.1, 0.15) is 43.1 Å². The second kappa shape index (κ2) is 7.56. The van der Waals surface area contributed by atoms with E-state index in [9.17, 15) is 5.11 Å². The topological polar surface area (TPSA) is 36.4 Å². The predicted molar refractivity (Wildman–Crippen MR) is 104 cm³/mol. The first kappa shape index (κ1) is 17.9. The summed E-state index contributed by atoms with van der Waals surface area (Å²) in [7, 11) is 0. The molecule has 1 N–H and O–H groups in total. The van der Waals surface area contributed by atoms with Crippen molar-refractivity contribution in [2.45, 2.75) is 44.8 Å². The Morgan fingerprint density at radius 1 is 1.21 bits per heavy atom. The van der Waals surface area contributed by atoms with Crippen LogP contribution in [0.4, 0.5) is 0 Å². The van der Waals surface area contributed by atoms with Crippen molar-refractivity contribution in [3.8, 4) is 0 Å². The molecule has 1 aliphatic rings. The quantitative estimate of drug-likeness (QED) is 0.889. The molecule has 2 aromatic rings. The third-order valence-electron chi connectivity index (χ3n) is 4.49. The molecule has 1 aromatic heterocycles. The number of hydrogen-bond donors (Lipinski definition) is 1. The zero-order chi connectivity index (χ0) is 17.2. The van der Waals surface area contributed by atoms with Crippen LogP contribution in [-0.4, -0.2) is 39.1 Å². The van der Waals surface area contributed by atoms with E-state index >= 15 is 0 Å². The van der Waals surface area contributed by atoms with Crippen LogP contribution in [-0.2, 0) is 12.0 Å². The molecular weight excluding hydrogens is 336 g/mol. The van der Waals surface area contributed by atoms with Gasteiger partial charge < -0.3 is 5.11 Å². The number of hydrogen-bond acceptors (Lipinski definition) is 5. The molecule has 0 saturated carbocycles. The van der Waals surface area contributed by atoms with Gasteiger partial charge in [0.25, 0.3) is 0 Å². The SMILES string of the molecule is CC(C)(C)c1csc(CN2[C@H](CO)CSC[C@@H]2c2ccccc2)n1. The van der Waals surface area contributed by atoms with Crippen molar-refractivity contribution < 1.29 is 5.11 Å². The molecule has 0 spiro atoms. The van der Waals surface area contributed by atoms with Gasteiger partial charge in [0.1, 0.15) is 5.01 Å². The van der Waals surface area contributed by atoms with Crippen LogP contribution < -0.4 is 0 Å². The standard InChI is InChI=1S/C19H26N2OS2/c1-19(2,3)17-13-24-18(20-17)9-21-15(10-22)11-23-12-16(21)14-7-5-4-6-8-14/h4-8,13,15-16,22H,9-12H2,1-3H3/t15-,16-/m1/s1. The summed E-state index contributed by atoms with van der Waals surface area (Å²) in [6.45, 7) is 7.62. The van der Waals surface area contributed by atoms with Crippen LogP contribution in [0.5, 0.6) is 0 Å². The van der Waals surface area contributed by atoms with E-state index in [1.54, 1.807) is 11.3 Å². The molecule has 5 heteroatoms. The molecule has 0 amide bonds. The van der Waals surface area contributed by atoms with Gasteiger partial charge in [-0.15, -0.1) is 11.3 Å². The fourth-order valence-electron chi connectivity index (χ4n) is 3.01. The molecule has 0 aliphatic carbocycles. The van der Waals surface area contributed by atoms with E-state index in [-0.39, 0.29) is 18.1 Å². The van der Waals surface area contributed by atoms with E-state index < -0.39 is 0 Å². The Kier molecular flexibility index (Phi) is 5.65. The number of aromatic nitrogens is 1. The van der Waals surface area contributed by atoms with Gasteiger partial charge in [0.2, 0.25) is 0 Å². The third kappa shape index (κ3) is 4.02. The molecule has 0 radical (unpaired) electrons. The van der Waals surface area contributed by atoms with Crippen LogP contribution in [0, 0.1) is 0 Å². The first-order valence-corrected chi connectivity index (χ1v) is 10.5. The van der Waals surface area contributed by atoms with Crippen LogP contribution in [0.25, 0.3) is 0 Å². The summed E-state index contributed by atoms with van der Waals surface area (Å²) >= 11 is 3.67. The highest BCUT2D eigenvalue weighted by Gasteiger charge is 2.32. The summed E-state index contributed by atoms with van der Waals surface area (Å²) in [6, 6.07) is 11.2. The van der Waals surface area contributed by atoms with E-state index in [1.807, 2.05) is 11.8 Å². The molecule has 2 atom stereocenters. The number of aliphatic hydroxyl groups excluding tert-OH is 1. The van der Waals surface area contributed by atoms with Gasteiger partial charge in [0, 0.05) is 34.4 Å². The maximum absolute atomic E-state index is 9.87. The van der Waals surface area contributed by atoms with E-state index in [2.05, 4.69) is 61.4 Å². The van der Waals surface area contributed by atoms with Crippen LogP contribution in [0.15, 0.2) is 35.7 Å². The fraction of sp³-hybridized carbons (Fsp3) is 0.526. The van der Waals surface area contributed by atoms with Crippen molar-refractivity contribution in [3.05, 3.63) is 52.0 Å². The van der Waals surface area contributed by atoms with Crippen molar-refractivity contribution in [2.24, 2.45) is 0 Å². The first-order chi connectivity index (χ1) is 11.5. The summed E-state index contributed by atoms with van der Waals surface area (Å²) < 4.78 is 0. The molecular formula is C19H26N2OS2. The normalized spacial score (nSPS) is 22.7. The van der Waals surface area contributed by atoms with E-state index in [4.69, 9.17) is 4.98 Å². The molecule has 1 fully saturated rings. The summed E-state index contributed by atoms with van der Waals surface area (Å²) in [5, 5.41) is 13.2. The van der Waals surface area contributed by atoms with Crippen LogP contribution >= 0.6 is 23.1 Å². The van der Waals surface area contributed by atoms with Crippen LogP contribution in [0.3, 0.4) is 0 Å². The average molecular weight is 363 g/mol. The predicted octanol–water partition coefficient (Wildman–Crippen LogP) is 4.09. The molecule has 24 heavy (non-hydrogen) atoms. The van der Waals surface area contributed by atoms with Crippen molar-refractivity contribution >= 4 is 23.1 Å². The summed E-state index contributed by atoms with van der Waals surface area (Å²) in [5.74, 6) is 2.05. The van der Waals surface area contributed by atoms with Gasteiger partial charge in [-0.1, -0.05) is 51.1 Å². The number of thiazole rings is 1. The largest absolute Gasteiger partial charge is 0.395 e. The Morgan fingerprint density at radius 3 is 2.58 bits per heavy atom. The van der Waals surface area contributed by atoms with E-state index in [0.717, 1.165) is 28.8 Å². The molecule has 3 nitrogen and oxygen atoms in total. The van der Waals surface area contributed by atoms with E-state index in [1.165, 1.54) is 5.56 Å². The average Bonchev–Trinajstić information content (AvgIpc) is 3.05. The number of nitrogens with zero attached hydrogens (tertiary/aromatic N) is 2. The molecule has 0 unspecified atom stereocenters. The monoisotopic (exact) mass is 362 g/mol. The molecule has 0 bridgehead atoms. The van der Waals surface area contributed by atoms with Crippen molar-refractivity contribution in [1.29, 1.82) is 0 Å². The second-order valence-corrected chi connectivity index (χ2v) is 9.37. The van der Waals surface area contributed by atoms with Gasteiger partial charge in [0.15, 0.2) is 0 Å². The summed E-state index contributed by atoms with van der Waals surface area (Å²) in [6.07, 6.45) is 0. The van der Waals surface area contributed by atoms with Gasteiger partial charge in [-0.25, -0.2) is 4.98 Å². The fourth-order valence-corrected chi connectivity index (χ4v) is 5.35.